The van der Waals surface area contributed by atoms with E-state index < -0.39 is 0 Å². The summed E-state index contributed by atoms with van der Waals surface area (Å²) in [6.45, 7) is 6.54. The van der Waals surface area contributed by atoms with Crippen molar-refractivity contribution in [3.8, 4) is 11.4 Å². The summed E-state index contributed by atoms with van der Waals surface area (Å²) in [6, 6.07) is 22.0. The number of benzene rings is 3. The number of hydrogen-bond acceptors (Lipinski definition) is 6. The van der Waals surface area contributed by atoms with Crippen molar-refractivity contribution in [3.63, 3.8) is 0 Å². The summed E-state index contributed by atoms with van der Waals surface area (Å²) in [5.41, 5.74) is 3.61. The second kappa shape index (κ2) is 12.5. The number of hydrogen-bond donors (Lipinski definition) is 1. The minimum absolute atomic E-state index is 0.229. The van der Waals surface area contributed by atoms with Crippen LogP contribution in [0.15, 0.2) is 95.1 Å². The van der Waals surface area contributed by atoms with Gasteiger partial charge in [0.1, 0.15) is 0 Å². The van der Waals surface area contributed by atoms with E-state index in [1.807, 2.05) is 47.0 Å². The molecule has 1 amide bonds. The van der Waals surface area contributed by atoms with Gasteiger partial charge in [-0.3, -0.25) is 9.36 Å². The second-order valence-electron chi connectivity index (χ2n) is 7.95. The number of rotatable bonds is 10. The van der Waals surface area contributed by atoms with Crippen molar-refractivity contribution in [1.29, 1.82) is 0 Å². The SMILES string of the molecule is C=CCn1c(SCc2ccc(C(=O)Nc3ccc(C(=O)OCC)cc3)cc2)nnc1-c1ccc(Br)cc1. The van der Waals surface area contributed by atoms with Crippen LogP contribution in [0.25, 0.3) is 11.4 Å². The Morgan fingerprint density at radius 3 is 2.32 bits per heavy atom. The number of aromatic nitrogens is 3. The number of esters is 1. The largest absolute Gasteiger partial charge is 0.462 e. The van der Waals surface area contributed by atoms with E-state index in [0.29, 0.717) is 35.7 Å². The number of anilines is 1. The highest BCUT2D eigenvalue weighted by molar-refractivity contribution is 9.10. The van der Waals surface area contributed by atoms with Gasteiger partial charge in [-0.15, -0.1) is 16.8 Å². The van der Waals surface area contributed by atoms with Gasteiger partial charge in [-0.05, 0) is 61.0 Å². The Morgan fingerprint density at radius 1 is 1.00 bits per heavy atom. The van der Waals surface area contributed by atoms with E-state index in [4.69, 9.17) is 4.74 Å². The smallest absolute Gasteiger partial charge is 0.338 e. The molecule has 0 atom stereocenters. The highest BCUT2D eigenvalue weighted by Crippen LogP contribution is 2.27. The van der Waals surface area contributed by atoms with Gasteiger partial charge in [0.2, 0.25) is 0 Å². The first-order valence-corrected chi connectivity index (χ1v) is 13.4. The normalized spacial score (nSPS) is 10.6. The zero-order valence-corrected chi connectivity index (χ0v) is 22.6. The van der Waals surface area contributed by atoms with Gasteiger partial charge in [0, 0.05) is 33.6 Å². The predicted octanol–water partition coefficient (Wildman–Crippen LogP) is 6.61. The summed E-state index contributed by atoms with van der Waals surface area (Å²) in [6.07, 6.45) is 1.83. The lowest BCUT2D eigenvalue weighted by Gasteiger charge is -2.09. The number of thioether (sulfide) groups is 1. The van der Waals surface area contributed by atoms with Crippen LogP contribution in [-0.2, 0) is 17.0 Å². The fourth-order valence-corrected chi connectivity index (χ4v) is 4.68. The molecule has 0 fully saturated rings. The predicted molar refractivity (Wildman–Crippen MR) is 150 cm³/mol. The lowest BCUT2D eigenvalue weighted by atomic mass is 10.1. The highest BCUT2D eigenvalue weighted by atomic mass is 79.9. The third kappa shape index (κ3) is 6.75. The Hall–Kier alpha value is -3.69. The van der Waals surface area contributed by atoms with E-state index in [2.05, 4.69) is 38.0 Å². The van der Waals surface area contributed by atoms with Gasteiger partial charge >= 0.3 is 5.97 Å². The van der Waals surface area contributed by atoms with Gasteiger partial charge in [-0.25, -0.2) is 4.79 Å². The third-order valence-corrected chi connectivity index (χ3v) is 6.94. The highest BCUT2D eigenvalue weighted by Gasteiger charge is 2.14. The van der Waals surface area contributed by atoms with Crippen LogP contribution in [0.1, 0.15) is 33.2 Å². The van der Waals surface area contributed by atoms with Gasteiger partial charge in [0.25, 0.3) is 5.91 Å². The molecule has 0 unspecified atom stereocenters. The monoisotopic (exact) mass is 576 g/mol. The maximum atomic E-state index is 12.7. The van der Waals surface area contributed by atoms with Crippen LogP contribution in [0.5, 0.6) is 0 Å². The maximum Gasteiger partial charge on any atom is 0.338 e. The molecule has 0 aliphatic rings. The van der Waals surface area contributed by atoms with Crippen LogP contribution in [0.3, 0.4) is 0 Å². The van der Waals surface area contributed by atoms with E-state index >= 15 is 0 Å². The molecule has 9 heteroatoms. The third-order valence-electron chi connectivity index (χ3n) is 5.37. The summed E-state index contributed by atoms with van der Waals surface area (Å²) in [5.74, 6) is 0.846. The summed E-state index contributed by atoms with van der Waals surface area (Å²) in [4.78, 5) is 24.4. The molecular weight excluding hydrogens is 552 g/mol. The minimum Gasteiger partial charge on any atom is -0.462 e. The van der Waals surface area contributed by atoms with Crippen LogP contribution in [0, 0.1) is 0 Å². The summed E-state index contributed by atoms with van der Waals surface area (Å²) in [7, 11) is 0. The average Bonchev–Trinajstić information content (AvgIpc) is 3.31. The van der Waals surface area contributed by atoms with Crippen molar-refractivity contribution >= 4 is 45.3 Å². The molecule has 7 nitrogen and oxygen atoms in total. The molecule has 4 aromatic rings. The van der Waals surface area contributed by atoms with Crippen LogP contribution in [0.4, 0.5) is 5.69 Å². The molecule has 0 bridgehead atoms. The van der Waals surface area contributed by atoms with Crippen molar-refractivity contribution in [1.82, 2.24) is 14.8 Å². The molecule has 0 aliphatic heterocycles. The van der Waals surface area contributed by atoms with Crippen LogP contribution < -0.4 is 5.32 Å². The zero-order chi connectivity index (χ0) is 26.2. The first kappa shape index (κ1) is 26.4. The van der Waals surface area contributed by atoms with E-state index in [-0.39, 0.29) is 11.9 Å². The van der Waals surface area contributed by atoms with Gasteiger partial charge in [-0.2, -0.15) is 0 Å². The van der Waals surface area contributed by atoms with E-state index in [1.165, 1.54) is 0 Å². The van der Waals surface area contributed by atoms with E-state index in [0.717, 1.165) is 26.6 Å². The minimum atomic E-state index is -0.388. The first-order chi connectivity index (χ1) is 18.0. The standard InChI is InChI=1S/C28H25BrN4O3S/c1-3-17-33-25(20-9-13-23(29)14-10-20)31-32-28(33)37-18-19-5-7-21(8-6-19)26(34)30-24-15-11-22(12-16-24)27(35)36-4-2/h3,5-16H,1,4,17-18H2,2H3,(H,30,34). The number of ether oxygens (including phenoxy) is 1. The van der Waals surface area contributed by atoms with Gasteiger partial charge in [0.15, 0.2) is 11.0 Å². The number of carbonyl (C=O) groups is 2. The summed E-state index contributed by atoms with van der Waals surface area (Å²) >= 11 is 5.04. The lowest BCUT2D eigenvalue weighted by molar-refractivity contribution is 0.0526. The number of allylic oxidation sites excluding steroid dienone is 1. The van der Waals surface area contributed by atoms with Gasteiger partial charge in [-0.1, -0.05) is 58.0 Å². The fourth-order valence-electron chi connectivity index (χ4n) is 3.51. The lowest BCUT2D eigenvalue weighted by Crippen LogP contribution is -2.12. The first-order valence-electron chi connectivity index (χ1n) is 11.6. The topological polar surface area (TPSA) is 86.1 Å². The Labute approximate surface area is 228 Å². The maximum absolute atomic E-state index is 12.7. The Balaban J connectivity index is 1.38. The van der Waals surface area contributed by atoms with Crippen molar-refractivity contribution in [2.45, 2.75) is 24.4 Å². The summed E-state index contributed by atoms with van der Waals surface area (Å²) < 4.78 is 8.02. The van der Waals surface area contributed by atoms with E-state index in [9.17, 15) is 9.59 Å². The number of carbonyl (C=O) groups excluding carboxylic acids is 2. The second-order valence-corrected chi connectivity index (χ2v) is 9.81. The van der Waals surface area contributed by atoms with Gasteiger partial charge in [0.05, 0.1) is 12.2 Å². The molecule has 1 aromatic heterocycles. The summed E-state index contributed by atoms with van der Waals surface area (Å²) in [5, 5.41) is 12.4. The van der Waals surface area contributed by atoms with E-state index in [1.54, 1.807) is 55.1 Å². The van der Waals surface area contributed by atoms with Crippen LogP contribution in [0.2, 0.25) is 0 Å². The molecule has 0 spiro atoms. The van der Waals surface area contributed by atoms with Crippen molar-refractivity contribution in [2.75, 3.05) is 11.9 Å². The molecule has 188 valence electrons. The zero-order valence-electron chi connectivity index (χ0n) is 20.2. The Bertz CT molecular complexity index is 1380. The number of halogens is 1. The average molecular weight is 578 g/mol. The van der Waals surface area contributed by atoms with Crippen molar-refractivity contribution in [3.05, 3.63) is 107 Å². The van der Waals surface area contributed by atoms with Crippen molar-refractivity contribution in [2.24, 2.45) is 0 Å². The van der Waals surface area contributed by atoms with Gasteiger partial charge < -0.3 is 10.1 Å². The number of nitrogens with zero attached hydrogens (tertiary/aromatic N) is 3. The molecule has 0 saturated carbocycles. The van der Waals surface area contributed by atoms with Crippen molar-refractivity contribution < 1.29 is 14.3 Å². The quantitative estimate of drug-likeness (QED) is 0.130. The van der Waals surface area contributed by atoms with Crippen LogP contribution >= 0.6 is 27.7 Å². The molecular formula is C28H25BrN4O3S. The molecule has 0 saturated heterocycles. The molecule has 0 aliphatic carbocycles. The fraction of sp³-hybridized carbons (Fsp3) is 0.143. The number of nitrogens with one attached hydrogen (secondary N) is 1. The molecule has 0 radical (unpaired) electrons. The molecule has 37 heavy (non-hydrogen) atoms. The Kier molecular flexibility index (Phi) is 8.92. The van der Waals surface area contributed by atoms with Crippen LogP contribution in [-0.4, -0.2) is 33.2 Å². The number of amides is 1. The molecule has 4 rings (SSSR count). The molecule has 1 heterocycles. The molecule has 3 aromatic carbocycles. The molecule has 1 N–H and O–H groups in total. The Morgan fingerprint density at radius 2 is 1.68 bits per heavy atom.